The van der Waals surface area contributed by atoms with Gasteiger partial charge in [0, 0.05) is 19.1 Å². The molecule has 0 spiro atoms. The molecule has 1 saturated heterocycles. The largest absolute Gasteiger partial charge is 0.465 e. The van der Waals surface area contributed by atoms with E-state index in [2.05, 4.69) is 31.7 Å². The van der Waals surface area contributed by atoms with Crippen LogP contribution in [0.2, 0.25) is 0 Å². The lowest BCUT2D eigenvalue weighted by molar-refractivity contribution is -0.102. The molecule has 4 nitrogen and oxygen atoms in total. The molecule has 1 aromatic heterocycles. The van der Waals surface area contributed by atoms with Gasteiger partial charge in [-0.2, -0.15) is 0 Å². The van der Waals surface area contributed by atoms with Crippen LogP contribution >= 0.6 is 0 Å². The number of furan rings is 1. The molecule has 1 aliphatic heterocycles. The molecule has 0 radical (unpaired) electrons. The fraction of sp³-hybridized carbons (Fsp3) is 0.733. The number of nitrogens with two attached hydrogens (primary N) is 1. The van der Waals surface area contributed by atoms with Gasteiger partial charge in [-0.25, -0.2) is 0 Å². The molecule has 4 heteroatoms. The zero-order valence-electron chi connectivity index (χ0n) is 12.5. The van der Waals surface area contributed by atoms with Crippen LogP contribution in [-0.2, 0) is 4.74 Å². The summed E-state index contributed by atoms with van der Waals surface area (Å²) in [4.78, 5) is 2.40. The molecule has 0 bridgehead atoms. The second kappa shape index (κ2) is 5.65. The van der Waals surface area contributed by atoms with E-state index in [0.717, 1.165) is 37.6 Å². The van der Waals surface area contributed by atoms with E-state index in [9.17, 15) is 0 Å². The molecular formula is C15H26N2O2. The third-order valence-corrected chi connectivity index (χ3v) is 3.78. The van der Waals surface area contributed by atoms with Crippen molar-refractivity contribution in [3.8, 4) is 0 Å². The highest BCUT2D eigenvalue weighted by Crippen LogP contribution is 2.30. The van der Waals surface area contributed by atoms with Crippen LogP contribution < -0.4 is 5.73 Å². The van der Waals surface area contributed by atoms with E-state index in [4.69, 9.17) is 14.9 Å². The summed E-state index contributed by atoms with van der Waals surface area (Å²) >= 11 is 0. The first kappa shape index (κ1) is 14.6. The molecule has 2 heterocycles. The number of ether oxygens (including phenoxy) is 1. The van der Waals surface area contributed by atoms with Crippen LogP contribution in [0.25, 0.3) is 0 Å². The van der Waals surface area contributed by atoms with Crippen molar-refractivity contribution in [1.82, 2.24) is 4.90 Å². The summed E-state index contributed by atoms with van der Waals surface area (Å²) in [5, 5.41) is 0. The van der Waals surface area contributed by atoms with E-state index in [-0.39, 0.29) is 17.7 Å². The lowest BCUT2D eigenvalue weighted by atomic mass is 9.98. The smallest absolute Gasteiger partial charge is 0.122 e. The molecule has 0 amide bonds. The highest BCUT2D eigenvalue weighted by Gasteiger charge is 2.35. The fourth-order valence-electron chi connectivity index (χ4n) is 2.79. The molecule has 19 heavy (non-hydrogen) atoms. The first-order valence-electron chi connectivity index (χ1n) is 7.13. The van der Waals surface area contributed by atoms with Gasteiger partial charge in [0.05, 0.1) is 18.2 Å². The van der Waals surface area contributed by atoms with Crippen molar-refractivity contribution in [1.29, 1.82) is 0 Å². The van der Waals surface area contributed by atoms with Crippen molar-refractivity contribution in [2.24, 2.45) is 5.73 Å². The summed E-state index contributed by atoms with van der Waals surface area (Å²) in [6.07, 6.45) is 0.933. The summed E-state index contributed by atoms with van der Waals surface area (Å²) in [5.41, 5.74) is 6.22. The van der Waals surface area contributed by atoms with E-state index in [1.807, 2.05) is 13.0 Å². The first-order valence-corrected chi connectivity index (χ1v) is 7.13. The Hall–Kier alpha value is -0.840. The normalized spacial score (nSPS) is 23.2. The predicted octanol–water partition coefficient (Wildman–Crippen LogP) is 2.48. The summed E-state index contributed by atoms with van der Waals surface area (Å²) in [6.45, 7) is 10.9. The van der Waals surface area contributed by atoms with Crippen molar-refractivity contribution < 1.29 is 9.15 Å². The maximum Gasteiger partial charge on any atom is 0.122 e. The Kier molecular flexibility index (Phi) is 4.33. The Bertz CT molecular complexity index is 414. The Labute approximate surface area is 115 Å². The lowest BCUT2D eigenvalue weighted by Gasteiger charge is -2.43. The van der Waals surface area contributed by atoms with Crippen LogP contribution in [0.1, 0.15) is 44.8 Å². The maximum absolute atomic E-state index is 6.34. The summed E-state index contributed by atoms with van der Waals surface area (Å²) in [6, 6.07) is 4.29. The van der Waals surface area contributed by atoms with E-state index < -0.39 is 0 Å². The van der Waals surface area contributed by atoms with Gasteiger partial charge in [0.15, 0.2) is 0 Å². The molecule has 0 aromatic carbocycles. The molecule has 108 valence electrons. The first-order chi connectivity index (χ1) is 8.93. The van der Waals surface area contributed by atoms with Crippen LogP contribution in [0.3, 0.4) is 0 Å². The SMILES string of the molecule is CCC(N)C(c1ccc(C)o1)N1CCOC(C)(C)C1. The molecule has 2 unspecified atom stereocenters. The fourth-order valence-corrected chi connectivity index (χ4v) is 2.79. The van der Waals surface area contributed by atoms with Crippen LogP contribution in [0.4, 0.5) is 0 Å². The molecule has 2 rings (SSSR count). The minimum Gasteiger partial charge on any atom is -0.465 e. The number of morpholine rings is 1. The molecule has 1 aliphatic rings. The third kappa shape index (κ3) is 3.38. The minimum absolute atomic E-state index is 0.0828. The number of nitrogens with zero attached hydrogens (tertiary/aromatic N) is 1. The van der Waals surface area contributed by atoms with Gasteiger partial charge < -0.3 is 14.9 Å². The average molecular weight is 266 g/mol. The van der Waals surface area contributed by atoms with E-state index in [1.54, 1.807) is 0 Å². The Morgan fingerprint density at radius 1 is 1.42 bits per heavy atom. The highest BCUT2D eigenvalue weighted by atomic mass is 16.5. The van der Waals surface area contributed by atoms with Crippen molar-refractivity contribution in [3.05, 3.63) is 23.7 Å². The van der Waals surface area contributed by atoms with Crippen LogP contribution in [-0.4, -0.2) is 36.2 Å². The molecule has 0 saturated carbocycles. The van der Waals surface area contributed by atoms with Gasteiger partial charge in [-0.1, -0.05) is 6.92 Å². The monoisotopic (exact) mass is 266 g/mol. The molecule has 0 aliphatic carbocycles. The molecule has 1 fully saturated rings. The molecule has 1 aromatic rings. The lowest BCUT2D eigenvalue weighted by Crippen LogP contribution is -2.52. The summed E-state index contributed by atoms with van der Waals surface area (Å²) in [5.74, 6) is 1.92. The number of hydrogen-bond donors (Lipinski definition) is 1. The molecule has 2 atom stereocenters. The van der Waals surface area contributed by atoms with Gasteiger partial charge in [0.2, 0.25) is 0 Å². The summed E-state index contributed by atoms with van der Waals surface area (Å²) < 4.78 is 11.6. The second-order valence-electron chi connectivity index (χ2n) is 6.04. The molecule has 2 N–H and O–H groups in total. The second-order valence-corrected chi connectivity index (χ2v) is 6.04. The quantitative estimate of drug-likeness (QED) is 0.909. The average Bonchev–Trinajstić information content (AvgIpc) is 2.74. The zero-order chi connectivity index (χ0) is 14.0. The summed E-state index contributed by atoms with van der Waals surface area (Å²) in [7, 11) is 0. The topological polar surface area (TPSA) is 51.6 Å². The van der Waals surface area contributed by atoms with Crippen molar-refractivity contribution in [2.75, 3.05) is 19.7 Å². The third-order valence-electron chi connectivity index (χ3n) is 3.78. The van der Waals surface area contributed by atoms with Crippen molar-refractivity contribution in [3.63, 3.8) is 0 Å². The van der Waals surface area contributed by atoms with Gasteiger partial charge in [0.25, 0.3) is 0 Å². The number of aryl methyl sites for hydroxylation is 1. The highest BCUT2D eigenvalue weighted by molar-refractivity contribution is 5.12. The minimum atomic E-state index is -0.119. The van der Waals surface area contributed by atoms with Gasteiger partial charge in [-0.15, -0.1) is 0 Å². The van der Waals surface area contributed by atoms with E-state index in [0.29, 0.717) is 0 Å². The van der Waals surface area contributed by atoms with Gasteiger partial charge in [-0.05, 0) is 39.3 Å². The predicted molar refractivity (Wildman–Crippen MR) is 76.1 cm³/mol. The number of rotatable bonds is 4. The van der Waals surface area contributed by atoms with Gasteiger partial charge in [0.1, 0.15) is 11.5 Å². The van der Waals surface area contributed by atoms with Crippen LogP contribution in [0, 0.1) is 6.92 Å². The standard InChI is InChI=1S/C15H26N2O2/c1-5-12(16)14(13-7-6-11(2)19-13)17-8-9-18-15(3,4)10-17/h6-7,12,14H,5,8-10,16H2,1-4H3. The number of hydrogen-bond acceptors (Lipinski definition) is 4. The van der Waals surface area contributed by atoms with Crippen molar-refractivity contribution in [2.45, 2.75) is 51.8 Å². The van der Waals surface area contributed by atoms with Gasteiger partial charge in [-0.3, -0.25) is 4.90 Å². The van der Waals surface area contributed by atoms with Crippen LogP contribution in [0.15, 0.2) is 16.5 Å². The zero-order valence-corrected chi connectivity index (χ0v) is 12.5. The Balaban J connectivity index is 2.22. The maximum atomic E-state index is 6.34. The van der Waals surface area contributed by atoms with Gasteiger partial charge >= 0.3 is 0 Å². The van der Waals surface area contributed by atoms with Crippen LogP contribution in [0.5, 0.6) is 0 Å². The Morgan fingerprint density at radius 2 is 2.16 bits per heavy atom. The Morgan fingerprint density at radius 3 is 2.68 bits per heavy atom. The molecular weight excluding hydrogens is 240 g/mol. The van der Waals surface area contributed by atoms with E-state index in [1.165, 1.54) is 0 Å². The van der Waals surface area contributed by atoms with E-state index >= 15 is 0 Å². The van der Waals surface area contributed by atoms with Crippen molar-refractivity contribution >= 4 is 0 Å².